The standard InChI is InChI=1S/C18H21N5O4S2/c1-3-4-9-28-18-21-14(19)13-15(22-18)23(17(25)16(24)20-13)10-11-5-7-12(8-6-11)29(2,26)27/h5-8H,3-4,9-10H2,1-2H3,(H,20,24)(H2,19,21,22). The number of aromatic amines is 1. The molecule has 1 aromatic carbocycles. The van der Waals surface area contributed by atoms with Crippen molar-refractivity contribution in [3.05, 3.63) is 50.5 Å². The lowest BCUT2D eigenvalue weighted by molar-refractivity contribution is 0.602. The van der Waals surface area contributed by atoms with E-state index in [0.717, 1.165) is 24.9 Å². The van der Waals surface area contributed by atoms with Crippen molar-refractivity contribution in [2.45, 2.75) is 36.4 Å². The monoisotopic (exact) mass is 435 g/mol. The molecule has 2 heterocycles. The number of rotatable bonds is 7. The fraction of sp³-hybridized carbons (Fsp3) is 0.333. The number of benzene rings is 1. The van der Waals surface area contributed by atoms with Crippen molar-refractivity contribution in [1.29, 1.82) is 0 Å². The summed E-state index contributed by atoms with van der Waals surface area (Å²) in [7, 11) is -3.33. The average Bonchev–Trinajstić information content (AvgIpc) is 2.66. The number of H-pyrrole nitrogens is 1. The average molecular weight is 436 g/mol. The number of hydrogen-bond acceptors (Lipinski definition) is 8. The summed E-state index contributed by atoms with van der Waals surface area (Å²) in [6, 6.07) is 6.11. The molecule has 0 atom stereocenters. The molecule has 0 bridgehead atoms. The predicted molar refractivity (Wildman–Crippen MR) is 113 cm³/mol. The van der Waals surface area contributed by atoms with Crippen molar-refractivity contribution in [2.75, 3.05) is 17.7 Å². The number of sulfone groups is 1. The predicted octanol–water partition coefficient (Wildman–Crippen LogP) is 1.41. The van der Waals surface area contributed by atoms with Gasteiger partial charge in [-0.3, -0.25) is 14.2 Å². The third-order valence-corrected chi connectivity index (χ3v) is 6.31. The molecule has 3 N–H and O–H groups in total. The van der Waals surface area contributed by atoms with E-state index in [1.807, 2.05) is 0 Å². The van der Waals surface area contributed by atoms with E-state index in [-0.39, 0.29) is 28.4 Å². The summed E-state index contributed by atoms with van der Waals surface area (Å²) >= 11 is 1.43. The molecule has 3 rings (SSSR count). The number of fused-ring (bicyclic) bond motifs is 1. The summed E-state index contributed by atoms with van der Waals surface area (Å²) in [5, 5.41) is 0.427. The molecule has 9 nitrogen and oxygen atoms in total. The van der Waals surface area contributed by atoms with Crippen molar-refractivity contribution in [3.63, 3.8) is 0 Å². The minimum atomic E-state index is -3.33. The first-order chi connectivity index (χ1) is 13.7. The van der Waals surface area contributed by atoms with Gasteiger partial charge in [-0.1, -0.05) is 37.2 Å². The Morgan fingerprint density at radius 1 is 1.17 bits per heavy atom. The van der Waals surface area contributed by atoms with Gasteiger partial charge in [0, 0.05) is 12.0 Å². The summed E-state index contributed by atoms with van der Waals surface area (Å²) in [6.07, 6.45) is 3.13. The van der Waals surface area contributed by atoms with Gasteiger partial charge in [-0.05, 0) is 24.1 Å². The third-order valence-electron chi connectivity index (χ3n) is 4.25. The summed E-state index contributed by atoms with van der Waals surface area (Å²) in [4.78, 5) is 35.9. The number of anilines is 1. The molecule has 3 aromatic rings. The zero-order chi connectivity index (χ0) is 21.2. The van der Waals surface area contributed by atoms with Crippen LogP contribution in [-0.2, 0) is 16.4 Å². The SMILES string of the molecule is CCCCSc1nc(N)c2[nH]c(=O)c(=O)n(Cc3ccc(S(C)(=O)=O)cc3)c2n1. The highest BCUT2D eigenvalue weighted by molar-refractivity contribution is 7.99. The lowest BCUT2D eigenvalue weighted by Crippen LogP contribution is -2.37. The number of thioether (sulfide) groups is 1. The maximum absolute atomic E-state index is 12.5. The fourth-order valence-corrected chi connectivity index (χ4v) is 4.25. The molecule has 154 valence electrons. The number of unbranched alkanes of at least 4 members (excludes halogenated alkanes) is 1. The van der Waals surface area contributed by atoms with Gasteiger partial charge in [-0.15, -0.1) is 0 Å². The van der Waals surface area contributed by atoms with E-state index in [9.17, 15) is 18.0 Å². The van der Waals surface area contributed by atoms with Crippen molar-refractivity contribution in [1.82, 2.24) is 19.5 Å². The van der Waals surface area contributed by atoms with Crippen LogP contribution in [0.15, 0.2) is 43.9 Å². The highest BCUT2D eigenvalue weighted by atomic mass is 32.2. The number of aromatic nitrogens is 4. The Kier molecular flexibility index (Phi) is 6.08. The molecule has 0 amide bonds. The van der Waals surface area contributed by atoms with E-state index in [2.05, 4.69) is 21.9 Å². The first-order valence-corrected chi connectivity index (χ1v) is 11.8. The molecule has 29 heavy (non-hydrogen) atoms. The molecule has 0 fully saturated rings. The molecule has 11 heteroatoms. The van der Waals surface area contributed by atoms with Gasteiger partial charge >= 0.3 is 11.1 Å². The van der Waals surface area contributed by atoms with Gasteiger partial charge in [0.2, 0.25) is 0 Å². The largest absolute Gasteiger partial charge is 0.382 e. The van der Waals surface area contributed by atoms with E-state index in [1.165, 1.54) is 28.5 Å². The van der Waals surface area contributed by atoms with Crippen molar-refractivity contribution >= 4 is 38.6 Å². The molecule has 0 saturated carbocycles. The van der Waals surface area contributed by atoms with Crippen LogP contribution in [0.25, 0.3) is 11.2 Å². The molecule has 0 aliphatic rings. The Hall–Kier alpha value is -2.66. The zero-order valence-corrected chi connectivity index (χ0v) is 17.6. The summed E-state index contributed by atoms with van der Waals surface area (Å²) < 4.78 is 24.5. The molecular formula is C18H21N5O4S2. The van der Waals surface area contributed by atoms with Crippen molar-refractivity contribution in [2.24, 2.45) is 0 Å². The second kappa shape index (κ2) is 8.37. The summed E-state index contributed by atoms with van der Waals surface area (Å²) in [6.45, 7) is 2.12. The normalized spacial score (nSPS) is 11.8. The number of hydrogen-bond donors (Lipinski definition) is 2. The van der Waals surface area contributed by atoms with Crippen LogP contribution >= 0.6 is 11.8 Å². The fourth-order valence-electron chi connectivity index (χ4n) is 2.69. The lowest BCUT2D eigenvalue weighted by atomic mass is 10.2. The smallest absolute Gasteiger partial charge is 0.318 e. The van der Waals surface area contributed by atoms with Gasteiger partial charge < -0.3 is 10.7 Å². The number of nitrogens with zero attached hydrogens (tertiary/aromatic N) is 3. The molecule has 0 aliphatic carbocycles. The quantitative estimate of drug-likeness (QED) is 0.246. The Labute approximate surface area is 171 Å². The Morgan fingerprint density at radius 2 is 1.86 bits per heavy atom. The van der Waals surface area contributed by atoms with Crippen LogP contribution in [-0.4, -0.2) is 39.9 Å². The van der Waals surface area contributed by atoms with Gasteiger partial charge in [-0.2, -0.15) is 0 Å². The first kappa shape index (κ1) is 21.1. The summed E-state index contributed by atoms with van der Waals surface area (Å²) in [5.74, 6) is 0.898. The number of nitrogen functional groups attached to an aromatic ring is 1. The van der Waals surface area contributed by atoms with Crippen LogP contribution in [0.3, 0.4) is 0 Å². The first-order valence-electron chi connectivity index (χ1n) is 8.93. The van der Waals surface area contributed by atoms with Gasteiger partial charge in [0.15, 0.2) is 26.5 Å². The molecule has 0 radical (unpaired) electrons. The second-order valence-electron chi connectivity index (χ2n) is 6.55. The van der Waals surface area contributed by atoms with E-state index in [4.69, 9.17) is 5.73 Å². The maximum atomic E-state index is 12.5. The second-order valence-corrected chi connectivity index (χ2v) is 9.63. The Morgan fingerprint density at radius 3 is 2.48 bits per heavy atom. The minimum absolute atomic E-state index is 0.0405. The minimum Gasteiger partial charge on any atom is -0.382 e. The van der Waals surface area contributed by atoms with E-state index >= 15 is 0 Å². The Bertz CT molecular complexity index is 1260. The molecule has 0 aliphatic heterocycles. The number of nitrogens with two attached hydrogens (primary N) is 1. The van der Waals surface area contributed by atoms with Crippen molar-refractivity contribution < 1.29 is 8.42 Å². The van der Waals surface area contributed by atoms with Crippen molar-refractivity contribution in [3.8, 4) is 0 Å². The maximum Gasteiger partial charge on any atom is 0.318 e. The molecule has 0 unspecified atom stereocenters. The van der Waals surface area contributed by atoms with Crippen LogP contribution in [0.4, 0.5) is 5.82 Å². The third kappa shape index (κ3) is 4.67. The zero-order valence-electron chi connectivity index (χ0n) is 16.0. The van der Waals surface area contributed by atoms with E-state index < -0.39 is 21.0 Å². The Balaban J connectivity index is 2.08. The summed E-state index contributed by atoms with van der Waals surface area (Å²) in [5.41, 5.74) is 5.46. The van der Waals surface area contributed by atoms with Gasteiger partial charge in [-0.25, -0.2) is 18.4 Å². The van der Waals surface area contributed by atoms with E-state index in [0.29, 0.717) is 10.7 Å². The van der Waals surface area contributed by atoms with Crippen LogP contribution in [0.5, 0.6) is 0 Å². The van der Waals surface area contributed by atoms with Crippen LogP contribution in [0.1, 0.15) is 25.3 Å². The highest BCUT2D eigenvalue weighted by Gasteiger charge is 2.15. The molecular weight excluding hydrogens is 414 g/mol. The van der Waals surface area contributed by atoms with Gasteiger partial charge in [0.1, 0.15) is 5.52 Å². The highest BCUT2D eigenvalue weighted by Crippen LogP contribution is 2.21. The number of nitrogens with one attached hydrogen (secondary N) is 1. The van der Waals surface area contributed by atoms with Gasteiger partial charge in [0.25, 0.3) is 0 Å². The topological polar surface area (TPSA) is 141 Å². The van der Waals surface area contributed by atoms with E-state index in [1.54, 1.807) is 12.1 Å². The lowest BCUT2D eigenvalue weighted by Gasteiger charge is -2.11. The molecule has 0 saturated heterocycles. The van der Waals surface area contributed by atoms with Crippen LogP contribution < -0.4 is 16.9 Å². The molecule has 2 aromatic heterocycles. The van der Waals surface area contributed by atoms with Gasteiger partial charge in [0.05, 0.1) is 11.4 Å². The van der Waals surface area contributed by atoms with Crippen LogP contribution in [0, 0.1) is 0 Å². The van der Waals surface area contributed by atoms with Crippen LogP contribution in [0.2, 0.25) is 0 Å². The molecule has 0 spiro atoms.